The first-order valence-corrected chi connectivity index (χ1v) is 8.69. The number of non-ortho nitro benzene ring substituents is 1. The molecule has 0 unspecified atom stereocenters. The van der Waals surface area contributed by atoms with Crippen LogP contribution in [0.25, 0.3) is 0 Å². The fourth-order valence-electron chi connectivity index (χ4n) is 2.61. The van der Waals surface area contributed by atoms with E-state index in [1.807, 2.05) is 13.0 Å². The molecule has 0 bridgehead atoms. The Labute approximate surface area is 170 Å². The lowest BCUT2D eigenvalue weighted by atomic mass is 10.1. The van der Waals surface area contributed by atoms with Gasteiger partial charge in [-0.3, -0.25) is 25.2 Å². The van der Waals surface area contributed by atoms with Gasteiger partial charge in [0.1, 0.15) is 0 Å². The molecule has 0 saturated heterocycles. The summed E-state index contributed by atoms with van der Waals surface area (Å²) in [5.74, 6) is -0.904. The average molecular weight is 405 g/mol. The highest BCUT2D eigenvalue weighted by molar-refractivity contribution is 5.92. The van der Waals surface area contributed by atoms with Crippen molar-refractivity contribution in [3.05, 3.63) is 104 Å². The number of nitro benzene ring substituents is 2. The van der Waals surface area contributed by atoms with E-state index >= 15 is 0 Å². The first-order chi connectivity index (χ1) is 14.3. The number of nitro groups is 2. The van der Waals surface area contributed by atoms with Crippen LogP contribution in [-0.4, -0.2) is 22.0 Å². The number of hydrogen-bond donors (Lipinski definition) is 0. The number of rotatable bonds is 6. The van der Waals surface area contributed by atoms with Crippen LogP contribution in [0, 0.1) is 27.2 Å². The SMILES string of the molecule is Cc1cccc(C(=O)Oc2ccc(C=Nc3cccc([N+](=O)[O-])c3)cc2[N+](=O)[O-])c1. The maximum absolute atomic E-state index is 12.3. The third kappa shape index (κ3) is 4.90. The maximum atomic E-state index is 12.3. The molecule has 0 N–H and O–H groups in total. The molecule has 150 valence electrons. The number of esters is 1. The van der Waals surface area contributed by atoms with Gasteiger partial charge in [0.25, 0.3) is 5.69 Å². The van der Waals surface area contributed by atoms with E-state index in [-0.39, 0.29) is 17.0 Å². The van der Waals surface area contributed by atoms with E-state index < -0.39 is 21.5 Å². The highest BCUT2D eigenvalue weighted by Gasteiger charge is 2.19. The lowest BCUT2D eigenvalue weighted by molar-refractivity contribution is -0.385. The Morgan fingerprint density at radius 1 is 0.967 bits per heavy atom. The number of hydrogen-bond acceptors (Lipinski definition) is 7. The molecule has 0 aliphatic carbocycles. The molecule has 0 amide bonds. The fraction of sp³-hybridized carbons (Fsp3) is 0.0476. The van der Waals surface area contributed by atoms with Crippen LogP contribution in [0.3, 0.4) is 0 Å². The number of aryl methyl sites for hydroxylation is 1. The Morgan fingerprint density at radius 2 is 1.73 bits per heavy atom. The molecule has 0 atom stereocenters. The van der Waals surface area contributed by atoms with Crippen LogP contribution in [0.15, 0.2) is 71.7 Å². The molecule has 3 rings (SSSR count). The van der Waals surface area contributed by atoms with Crippen LogP contribution in [0.2, 0.25) is 0 Å². The Bertz CT molecular complexity index is 1170. The predicted octanol–water partition coefficient (Wildman–Crippen LogP) is 4.78. The molecule has 0 aliphatic heterocycles. The molecule has 0 aromatic heterocycles. The molecule has 9 heteroatoms. The van der Waals surface area contributed by atoms with Crippen LogP contribution in [0.1, 0.15) is 21.5 Å². The molecule has 0 aliphatic rings. The molecule has 9 nitrogen and oxygen atoms in total. The van der Waals surface area contributed by atoms with Crippen molar-refractivity contribution in [1.29, 1.82) is 0 Å². The second-order valence-corrected chi connectivity index (χ2v) is 6.28. The minimum absolute atomic E-state index is 0.117. The normalized spacial score (nSPS) is 10.7. The molecule has 0 spiro atoms. The lowest BCUT2D eigenvalue weighted by Gasteiger charge is -2.06. The van der Waals surface area contributed by atoms with Gasteiger partial charge in [-0.1, -0.05) is 23.8 Å². The summed E-state index contributed by atoms with van der Waals surface area (Å²) in [5.41, 5.74) is 1.30. The van der Waals surface area contributed by atoms with Crippen molar-refractivity contribution in [1.82, 2.24) is 0 Å². The smallest absolute Gasteiger partial charge is 0.343 e. The minimum Gasteiger partial charge on any atom is -0.416 e. The van der Waals surface area contributed by atoms with Crippen LogP contribution >= 0.6 is 0 Å². The number of aliphatic imine (C=N–C) groups is 1. The summed E-state index contributed by atoms with van der Waals surface area (Å²) < 4.78 is 5.21. The molecule has 30 heavy (non-hydrogen) atoms. The monoisotopic (exact) mass is 405 g/mol. The lowest BCUT2D eigenvalue weighted by Crippen LogP contribution is -2.10. The minimum atomic E-state index is -0.709. The zero-order valence-electron chi connectivity index (χ0n) is 15.7. The van der Waals surface area contributed by atoms with E-state index in [0.717, 1.165) is 5.56 Å². The average Bonchev–Trinajstić information content (AvgIpc) is 2.73. The molecule has 3 aromatic carbocycles. The Kier molecular flexibility index (Phi) is 5.92. The number of carbonyl (C=O) groups excluding carboxylic acids is 1. The van der Waals surface area contributed by atoms with Crippen LogP contribution < -0.4 is 4.74 Å². The molecule has 0 heterocycles. The van der Waals surface area contributed by atoms with Crippen LogP contribution in [-0.2, 0) is 0 Å². The summed E-state index contributed by atoms with van der Waals surface area (Å²) in [5, 5.41) is 22.3. The van der Waals surface area contributed by atoms with Crippen LogP contribution in [0.5, 0.6) is 5.75 Å². The predicted molar refractivity (Wildman–Crippen MR) is 110 cm³/mol. The van der Waals surface area contributed by atoms with Gasteiger partial charge in [0, 0.05) is 24.4 Å². The van der Waals surface area contributed by atoms with Gasteiger partial charge in [-0.15, -0.1) is 0 Å². The van der Waals surface area contributed by atoms with E-state index in [0.29, 0.717) is 11.3 Å². The Morgan fingerprint density at radius 3 is 2.43 bits per heavy atom. The molecular formula is C21H15N3O6. The maximum Gasteiger partial charge on any atom is 0.343 e. The van der Waals surface area contributed by atoms with Gasteiger partial charge in [-0.2, -0.15) is 0 Å². The molecular weight excluding hydrogens is 390 g/mol. The van der Waals surface area contributed by atoms with Crippen molar-refractivity contribution < 1.29 is 19.4 Å². The van der Waals surface area contributed by atoms with E-state index in [2.05, 4.69) is 4.99 Å². The first kappa shape index (κ1) is 20.3. The van der Waals surface area contributed by atoms with Crippen molar-refractivity contribution in [3.63, 3.8) is 0 Å². The van der Waals surface area contributed by atoms with E-state index in [1.165, 1.54) is 42.6 Å². The fourth-order valence-corrected chi connectivity index (χ4v) is 2.61. The van der Waals surface area contributed by atoms with Gasteiger partial charge >= 0.3 is 11.7 Å². The highest BCUT2D eigenvalue weighted by atomic mass is 16.6. The first-order valence-electron chi connectivity index (χ1n) is 8.69. The largest absolute Gasteiger partial charge is 0.416 e. The second kappa shape index (κ2) is 8.74. The van der Waals surface area contributed by atoms with Gasteiger partial charge in [-0.05, 0) is 42.8 Å². The van der Waals surface area contributed by atoms with Crippen molar-refractivity contribution >= 4 is 29.2 Å². The summed E-state index contributed by atoms with van der Waals surface area (Å²) in [7, 11) is 0. The molecule has 0 fully saturated rings. The van der Waals surface area contributed by atoms with Crippen molar-refractivity contribution in [2.45, 2.75) is 6.92 Å². The van der Waals surface area contributed by atoms with E-state index in [1.54, 1.807) is 24.3 Å². The van der Waals surface area contributed by atoms with Crippen LogP contribution in [0.4, 0.5) is 17.1 Å². The third-order valence-corrected chi connectivity index (χ3v) is 4.04. The van der Waals surface area contributed by atoms with Gasteiger partial charge < -0.3 is 4.74 Å². The van der Waals surface area contributed by atoms with E-state index in [4.69, 9.17) is 4.74 Å². The zero-order chi connectivity index (χ0) is 21.7. The van der Waals surface area contributed by atoms with Gasteiger partial charge in [0.2, 0.25) is 5.75 Å². The quantitative estimate of drug-likeness (QED) is 0.191. The Balaban J connectivity index is 1.85. The van der Waals surface area contributed by atoms with Crippen molar-refractivity contribution in [3.8, 4) is 5.75 Å². The number of ether oxygens (including phenoxy) is 1. The highest BCUT2D eigenvalue weighted by Crippen LogP contribution is 2.29. The second-order valence-electron chi connectivity index (χ2n) is 6.28. The van der Waals surface area contributed by atoms with Gasteiger partial charge in [0.05, 0.1) is 21.1 Å². The number of carbonyl (C=O) groups is 1. The zero-order valence-corrected chi connectivity index (χ0v) is 15.7. The molecule has 0 saturated carbocycles. The summed E-state index contributed by atoms with van der Waals surface area (Å²) in [6.07, 6.45) is 1.33. The number of benzene rings is 3. The van der Waals surface area contributed by atoms with Crippen molar-refractivity contribution in [2.24, 2.45) is 4.99 Å². The number of nitrogens with zero attached hydrogens (tertiary/aromatic N) is 3. The van der Waals surface area contributed by atoms with E-state index in [9.17, 15) is 25.0 Å². The Hall–Kier alpha value is -4.40. The summed E-state index contributed by atoms with van der Waals surface area (Å²) in [4.78, 5) is 37.5. The standard InChI is InChI=1S/C21H15N3O6/c1-14-4-2-5-16(10-14)21(25)30-20-9-8-15(11-19(20)24(28)29)13-22-17-6-3-7-18(12-17)23(26)27/h2-13H,1H3. The summed E-state index contributed by atoms with van der Waals surface area (Å²) in [6.45, 7) is 1.81. The van der Waals surface area contributed by atoms with Crippen molar-refractivity contribution in [2.75, 3.05) is 0 Å². The third-order valence-electron chi connectivity index (χ3n) is 4.04. The van der Waals surface area contributed by atoms with Gasteiger partial charge in [-0.25, -0.2) is 4.79 Å². The topological polar surface area (TPSA) is 125 Å². The van der Waals surface area contributed by atoms with Gasteiger partial charge in [0.15, 0.2) is 0 Å². The summed E-state index contributed by atoms with van der Waals surface area (Å²) in [6, 6.07) is 16.4. The summed E-state index contributed by atoms with van der Waals surface area (Å²) >= 11 is 0. The molecule has 3 aromatic rings. The molecule has 0 radical (unpaired) electrons.